The van der Waals surface area contributed by atoms with Crippen LogP contribution >= 0.6 is 46.4 Å². The van der Waals surface area contributed by atoms with Crippen molar-refractivity contribution in [2.75, 3.05) is 0 Å². The lowest BCUT2D eigenvalue weighted by Gasteiger charge is -2.14. The van der Waals surface area contributed by atoms with Crippen molar-refractivity contribution in [3.63, 3.8) is 0 Å². The van der Waals surface area contributed by atoms with E-state index in [0.717, 1.165) is 0 Å². The molecule has 0 amide bonds. The van der Waals surface area contributed by atoms with Crippen molar-refractivity contribution in [2.45, 2.75) is 9.55 Å². The average Bonchev–Trinajstić information content (AvgIpc) is 1.14. The van der Waals surface area contributed by atoms with Crippen molar-refractivity contribution in [1.82, 2.24) is 0 Å². The summed E-state index contributed by atoms with van der Waals surface area (Å²) in [6.45, 7) is 0. The first kappa shape index (κ1) is 9.98. The Labute approximate surface area is 69.8 Å². The van der Waals surface area contributed by atoms with E-state index < -0.39 is 9.55 Å². The van der Waals surface area contributed by atoms with Crippen LogP contribution in [-0.4, -0.2) is 9.55 Å². The van der Waals surface area contributed by atoms with Crippen LogP contribution in [0.3, 0.4) is 0 Å². The minimum absolute atomic E-state index is 3.21. The third kappa shape index (κ3) is 8.98. The molecule has 0 aromatic carbocycles. The van der Waals surface area contributed by atoms with Gasteiger partial charge in [-0.25, -0.2) is 0 Å². The largest absolute Gasteiger partial charge is 0.372 e. The van der Waals surface area contributed by atoms with Crippen LogP contribution in [0.4, 0.5) is 8.78 Å². The molecule has 0 aliphatic rings. The first-order valence-corrected chi connectivity index (χ1v) is 3.05. The highest BCUT2D eigenvalue weighted by Gasteiger charge is 2.37. The first-order valence-electron chi connectivity index (χ1n) is 1.54. The zero-order valence-electron chi connectivity index (χ0n) is 3.68. The molecule has 0 radical (unpaired) electrons. The van der Waals surface area contributed by atoms with Gasteiger partial charge in [-0.05, 0) is 46.4 Å². The fourth-order valence-electron chi connectivity index (χ4n) is 0.131. The molecule has 0 N–H and O–H groups in total. The maximum Gasteiger partial charge on any atom is 0.372 e. The lowest BCUT2D eigenvalue weighted by atomic mass is 11.4. The monoisotopic (exact) mass is 218 g/mol. The highest BCUT2D eigenvalue weighted by Crippen LogP contribution is 2.35. The van der Waals surface area contributed by atoms with E-state index in [9.17, 15) is 8.78 Å². The summed E-state index contributed by atoms with van der Waals surface area (Å²) >= 11 is 17.9. The van der Waals surface area contributed by atoms with E-state index >= 15 is 0 Å². The van der Waals surface area contributed by atoms with Crippen molar-refractivity contribution in [3.05, 3.63) is 0 Å². The van der Waals surface area contributed by atoms with Crippen molar-refractivity contribution >= 4 is 46.4 Å². The SMILES string of the molecule is FC(Cl)(Cl)OC(F)(Cl)Cl. The van der Waals surface area contributed by atoms with Crippen LogP contribution in [0.25, 0.3) is 0 Å². The quantitative estimate of drug-likeness (QED) is 0.649. The van der Waals surface area contributed by atoms with Crippen molar-refractivity contribution in [1.29, 1.82) is 0 Å². The standard InChI is InChI=1S/C2Cl4F2O/c3-1(4,7)9-2(5,6)8. The molecule has 0 spiro atoms. The Morgan fingerprint density at radius 3 is 1.11 bits per heavy atom. The van der Waals surface area contributed by atoms with E-state index in [1.165, 1.54) is 0 Å². The molecular weight excluding hydrogens is 220 g/mol. The highest BCUT2D eigenvalue weighted by molar-refractivity contribution is 6.48. The minimum Gasteiger partial charge on any atom is -0.257 e. The third-order valence-corrected chi connectivity index (χ3v) is 0.540. The molecule has 7 heteroatoms. The Hall–Kier alpha value is 0.980. The molecule has 0 unspecified atom stereocenters. The maximum atomic E-state index is 11.8. The van der Waals surface area contributed by atoms with Gasteiger partial charge in [-0.2, -0.15) is 8.78 Å². The Bertz CT molecular complexity index is 81.7. The second-order valence-corrected chi connectivity index (χ2v) is 3.33. The number of alkyl halides is 6. The van der Waals surface area contributed by atoms with Crippen LogP contribution in [0.15, 0.2) is 0 Å². The fourth-order valence-corrected chi connectivity index (χ4v) is 0.714. The number of hydrogen-bond acceptors (Lipinski definition) is 1. The molecule has 1 nitrogen and oxygen atoms in total. The summed E-state index contributed by atoms with van der Waals surface area (Å²) in [7, 11) is 0. The molecule has 0 fully saturated rings. The average molecular weight is 220 g/mol. The van der Waals surface area contributed by atoms with Crippen molar-refractivity contribution in [2.24, 2.45) is 0 Å². The number of halogens is 6. The summed E-state index contributed by atoms with van der Waals surface area (Å²) in [6.07, 6.45) is 0. The predicted molar refractivity (Wildman–Crippen MR) is 32.2 cm³/mol. The topological polar surface area (TPSA) is 9.23 Å². The summed E-state index contributed by atoms with van der Waals surface area (Å²) in [5.41, 5.74) is 0. The van der Waals surface area contributed by atoms with E-state index in [1.807, 2.05) is 0 Å². The molecule has 0 atom stereocenters. The van der Waals surface area contributed by atoms with Crippen molar-refractivity contribution in [3.8, 4) is 0 Å². The molecule has 0 heterocycles. The fraction of sp³-hybridized carbons (Fsp3) is 1.00. The number of rotatable bonds is 2. The van der Waals surface area contributed by atoms with Gasteiger partial charge >= 0.3 is 9.55 Å². The van der Waals surface area contributed by atoms with Gasteiger partial charge in [-0.15, -0.1) is 0 Å². The minimum atomic E-state index is -3.21. The Morgan fingerprint density at radius 1 is 0.889 bits per heavy atom. The second kappa shape index (κ2) is 2.93. The zero-order valence-corrected chi connectivity index (χ0v) is 6.70. The number of hydrogen-bond donors (Lipinski definition) is 0. The normalized spacial score (nSPS) is 14.0. The Balaban J connectivity index is 3.75. The lowest BCUT2D eigenvalue weighted by molar-refractivity contribution is -0.105. The molecule has 0 rings (SSSR count). The van der Waals surface area contributed by atoms with Gasteiger partial charge in [0.2, 0.25) is 0 Å². The first-order chi connectivity index (χ1) is 3.71. The third-order valence-electron chi connectivity index (χ3n) is 0.231. The van der Waals surface area contributed by atoms with Crippen LogP contribution in [0.1, 0.15) is 0 Å². The van der Waals surface area contributed by atoms with Gasteiger partial charge in [-0.1, -0.05) is 0 Å². The molecular formula is C2Cl4F2O. The van der Waals surface area contributed by atoms with E-state index in [0.29, 0.717) is 0 Å². The summed E-state index contributed by atoms with van der Waals surface area (Å²) < 4.78 is 20.5. The van der Waals surface area contributed by atoms with Gasteiger partial charge in [0.1, 0.15) is 0 Å². The summed E-state index contributed by atoms with van der Waals surface area (Å²) in [5, 5.41) is 0. The Kier molecular flexibility index (Phi) is 3.24. The van der Waals surface area contributed by atoms with Gasteiger partial charge in [0.25, 0.3) is 0 Å². The smallest absolute Gasteiger partial charge is 0.257 e. The molecule has 0 saturated carbocycles. The van der Waals surface area contributed by atoms with Gasteiger partial charge in [-0.3, -0.25) is 4.74 Å². The molecule has 9 heavy (non-hydrogen) atoms. The van der Waals surface area contributed by atoms with E-state index in [-0.39, 0.29) is 0 Å². The molecule has 56 valence electrons. The predicted octanol–water partition coefficient (Wildman–Crippen LogP) is 3.12. The molecule has 0 aromatic rings. The van der Waals surface area contributed by atoms with Crippen LogP contribution < -0.4 is 0 Å². The van der Waals surface area contributed by atoms with Gasteiger partial charge < -0.3 is 0 Å². The van der Waals surface area contributed by atoms with Crippen LogP contribution in [0, 0.1) is 0 Å². The highest BCUT2D eigenvalue weighted by atomic mass is 35.5. The molecule has 0 aliphatic heterocycles. The molecule has 0 aromatic heterocycles. The van der Waals surface area contributed by atoms with Crippen LogP contribution in [0.5, 0.6) is 0 Å². The molecule has 0 saturated heterocycles. The number of ether oxygens (including phenoxy) is 1. The van der Waals surface area contributed by atoms with Gasteiger partial charge in [0.15, 0.2) is 0 Å². The summed E-state index contributed by atoms with van der Waals surface area (Å²) in [6, 6.07) is 0. The second-order valence-electron chi connectivity index (χ2n) is 0.994. The van der Waals surface area contributed by atoms with E-state index in [2.05, 4.69) is 51.1 Å². The summed E-state index contributed by atoms with van der Waals surface area (Å²) in [4.78, 5) is 0. The van der Waals surface area contributed by atoms with Crippen LogP contribution in [0.2, 0.25) is 0 Å². The van der Waals surface area contributed by atoms with Gasteiger partial charge in [0, 0.05) is 0 Å². The lowest BCUT2D eigenvalue weighted by Crippen LogP contribution is -2.21. The maximum absolute atomic E-state index is 11.8. The van der Waals surface area contributed by atoms with E-state index in [1.54, 1.807) is 0 Å². The summed E-state index contributed by atoms with van der Waals surface area (Å²) in [5.74, 6) is 0. The van der Waals surface area contributed by atoms with Crippen LogP contribution in [-0.2, 0) is 4.74 Å². The van der Waals surface area contributed by atoms with Gasteiger partial charge in [0.05, 0.1) is 0 Å². The molecule has 0 bridgehead atoms. The molecule has 0 aliphatic carbocycles. The van der Waals surface area contributed by atoms with Crippen molar-refractivity contribution < 1.29 is 13.5 Å². The Morgan fingerprint density at radius 2 is 1.11 bits per heavy atom. The van der Waals surface area contributed by atoms with E-state index in [4.69, 9.17) is 0 Å². The zero-order chi connectivity index (χ0) is 7.71.